The summed E-state index contributed by atoms with van der Waals surface area (Å²) in [6.07, 6.45) is 5.32. The van der Waals surface area contributed by atoms with Gasteiger partial charge in [0.05, 0.1) is 0 Å². The predicted octanol–water partition coefficient (Wildman–Crippen LogP) is 1.83. The summed E-state index contributed by atoms with van der Waals surface area (Å²) in [4.78, 5) is 0. The lowest BCUT2D eigenvalue weighted by Gasteiger charge is -2.42. The molecular formula is C13H27N3S. The van der Waals surface area contributed by atoms with Crippen LogP contribution in [0.3, 0.4) is 0 Å². The first-order valence-electron chi connectivity index (χ1n) is 7.04. The molecule has 0 aromatic carbocycles. The number of hydrazine groups is 1. The van der Waals surface area contributed by atoms with E-state index in [4.69, 9.17) is 5.73 Å². The van der Waals surface area contributed by atoms with E-state index in [-0.39, 0.29) is 0 Å². The zero-order valence-electron chi connectivity index (χ0n) is 11.2. The van der Waals surface area contributed by atoms with Crippen molar-refractivity contribution in [3.05, 3.63) is 0 Å². The number of piperidine rings is 1. The molecule has 2 rings (SSSR count). The van der Waals surface area contributed by atoms with Gasteiger partial charge in [-0.3, -0.25) is 5.43 Å². The molecule has 0 bridgehead atoms. The van der Waals surface area contributed by atoms with Crippen molar-refractivity contribution in [1.29, 1.82) is 0 Å². The molecule has 0 amide bonds. The molecule has 0 radical (unpaired) electrons. The molecule has 0 saturated carbocycles. The van der Waals surface area contributed by atoms with Crippen LogP contribution in [0.5, 0.6) is 0 Å². The molecule has 4 atom stereocenters. The number of thioether (sulfide) groups is 1. The molecule has 0 aromatic rings. The van der Waals surface area contributed by atoms with Crippen LogP contribution in [0.4, 0.5) is 0 Å². The van der Waals surface area contributed by atoms with Crippen LogP contribution in [-0.4, -0.2) is 41.2 Å². The summed E-state index contributed by atoms with van der Waals surface area (Å²) in [5, 5.41) is 2.48. The van der Waals surface area contributed by atoms with E-state index >= 15 is 0 Å². The Balaban J connectivity index is 1.91. The lowest BCUT2D eigenvalue weighted by molar-refractivity contribution is 0.0221. The van der Waals surface area contributed by atoms with Crippen LogP contribution in [-0.2, 0) is 0 Å². The molecule has 2 aliphatic heterocycles. The summed E-state index contributed by atoms with van der Waals surface area (Å²) in [5.74, 6) is 3.37. The highest BCUT2D eigenvalue weighted by Gasteiger charge is 2.30. The van der Waals surface area contributed by atoms with Gasteiger partial charge in [-0.05, 0) is 50.5 Å². The molecule has 2 fully saturated rings. The smallest absolute Gasteiger partial charge is 0.0374 e. The lowest BCUT2D eigenvalue weighted by Crippen LogP contribution is -2.58. The van der Waals surface area contributed by atoms with Crippen molar-refractivity contribution >= 4 is 11.8 Å². The van der Waals surface area contributed by atoms with E-state index in [2.05, 4.69) is 36.0 Å². The van der Waals surface area contributed by atoms with Crippen molar-refractivity contribution in [2.45, 2.75) is 57.7 Å². The summed E-state index contributed by atoms with van der Waals surface area (Å²) < 4.78 is 0. The molecule has 17 heavy (non-hydrogen) atoms. The van der Waals surface area contributed by atoms with Crippen LogP contribution >= 0.6 is 11.8 Å². The van der Waals surface area contributed by atoms with Crippen molar-refractivity contribution in [3.63, 3.8) is 0 Å². The number of hydrogen-bond acceptors (Lipinski definition) is 4. The molecule has 4 heteroatoms. The van der Waals surface area contributed by atoms with Crippen molar-refractivity contribution in [3.8, 4) is 0 Å². The Hall–Kier alpha value is 0.230. The molecule has 2 heterocycles. The van der Waals surface area contributed by atoms with Gasteiger partial charge in [-0.1, -0.05) is 6.42 Å². The first-order valence-corrected chi connectivity index (χ1v) is 8.20. The number of nitrogens with two attached hydrogens (primary N) is 1. The highest BCUT2D eigenvalue weighted by atomic mass is 32.2. The lowest BCUT2D eigenvalue weighted by atomic mass is 9.97. The van der Waals surface area contributed by atoms with Crippen molar-refractivity contribution < 1.29 is 0 Å². The van der Waals surface area contributed by atoms with E-state index in [9.17, 15) is 0 Å². The van der Waals surface area contributed by atoms with Gasteiger partial charge in [0.2, 0.25) is 0 Å². The van der Waals surface area contributed by atoms with Gasteiger partial charge in [0.1, 0.15) is 0 Å². The van der Waals surface area contributed by atoms with Gasteiger partial charge in [0.25, 0.3) is 0 Å². The Labute approximate surface area is 110 Å². The van der Waals surface area contributed by atoms with E-state index in [1.807, 2.05) is 0 Å². The summed E-state index contributed by atoms with van der Waals surface area (Å²) in [6.45, 7) is 5.43. The maximum absolute atomic E-state index is 5.96. The van der Waals surface area contributed by atoms with Crippen molar-refractivity contribution in [2.24, 2.45) is 11.7 Å². The van der Waals surface area contributed by atoms with E-state index in [1.165, 1.54) is 37.2 Å². The topological polar surface area (TPSA) is 41.3 Å². The summed E-state index contributed by atoms with van der Waals surface area (Å²) >= 11 is 2.08. The van der Waals surface area contributed by atoms with E-state index in [0.717, 1.165) is 12.5 Å². The fourth-order valence-electron chi connectivity index (χ4n) is 3.09. The molecule has 0 aromatic heterocycles. The average molecular weight is 257 g/mol. The highest BCUT2D eigenvalue weighted by molar-refractivity contribution is 7.99. The zero-order valence-corrected chi connectivity index (χ0v) is 12.0. The molecule has 2 saturated heterocycles. The minimum atomic E-state index is 0.480. The molecule has 3 N–H and O–H groups in total. The van der Waals surface area contributed by atoms with Crippen LogP contribution in [0, 0.1) is 5.92 Å². The van der Waals surface area contributed by atoms with Crippen LogP contribution < -0.4 is 11.2 Å². The Morgan fingerprint density at radius 2 is 2.00 bits per heavy atom. The summed E-state index contributed by atoms with van der Waals surface area (Å²) in [6, 6.07) is 1.79. The van der Waals surface area contributed by atoms with E-state index < -0.39 is 0 Å². The molecule has 2 aliphatic rings. The van der Waals surface area contributed by atoms with Crippen LogP contribution in [0.15, 0.2) is 0 Å². The second-order valence-electron chi connectivity index (χ2n) is 5.63. The first kappa shape index (κ1) is 13.7. The normalized spacial score (nSPS) is 37.2. The van der Waals surface area contributed by atoms with Crippen LogP contribution in [0.1, 0.15) is 39.5 Å². The maximum Gasteiger partial charge on any atom is 0.0374 e. The Morgan fingerprint density at radius 1 is 1.29 bits per heavy atom. The largest absolute Gasteiger partial charge is 0.329 e. The minimum Gasteiger partial charge on any atom is -0.329 e. The second kappa shape index (κ2) is 6.41. The quantitative estimate of drug-likeness (QED) is 0.806. The second-order valence-corrected chi connectivity index (χ2v) is 6.78. The van der Waals surface area contributed by atoms with Crippen LogP contribution in [0.2, 0.25) is 0 Å². The standard InChI is InChI=1S/C13H27N3S/c1-10-4-3-5-11(2)16(10)15-13(8-14)12-6-7-17-9-12/h10-13,15H,3-9,14H2,1-2H3. The van der Waals surface area contributed by atoms with Gasteiger partial charge in [-0.25, -0.2) is 5.01 Å². The third-order valence-corrected chi connectivity index (χ3v) is 5.48. The first-order chi connectivity index (χ1) is 8.22. The fraction of sp³-hybridized carbons (Fsp3) is 1.00. The predicted molar refractivity (Wildman–Crippen MR) is 76.0 cm³/mol. The van der Waals surface area contributed by atoms with Crippen molar-refractivity contribution in [1.82, 2.24) is 10.4 Å². The molecule has 4 unspecified atom stereocenters. The summed E-state index contributed by atoms with van der Waals surface area (Å²) in [5.41, 5.74) is 9.70. The molecule has 3 nitrogen and oxygen atoms in total. The van der Waals surface area contributed by atoms with Gasteiger partial charge < -0.3 is 5.73 Å². The van der Waals surface area contributed by atoms with Gasteiger partial charge in [-0.15, -0.1) is 0 Å². The van der Waals surface area contributed by atoms with Crippen molar-refractivity contribution in [2.75, 3.05) is 18.1 Å². The molecule has 100 valence electrons. The Morgan fingerprint density at radius 3 is 2.53 bits per heavy atom. The number of rotatable bonds is 4. The zero-order chi connectivity index (χ0) is 12.3. The van der Waals surface area contributed by atoms with Crippen LogP contribution in [0.25, 0.3) is 0 Å². The fourth-order valence-corrected chi connectivity index (χ4v) is 4.43. The monoisotopic (exact) mass is 257 g/mol. The highest BCUT2D eigenvalue weighted by Crippen LogP contribution is 2.27. The number of nitrogens with one attached hydrogen (secondary N) is 1. The number of nitrogens with zero attached hydrogens (tertiary/aromatic N) is 1. The third kappa shape index (κ3) is 3.37. The Kier molecular flexibility index (Phi) is 5.15. The maximum atomic E-state index is 5.96. The SMILES string of the molecule is CC1CCCC(C)N1NC(CN)C1CCSC1. The minimum absolute atomic E-state index is 0.480. The molecular weight excluding hydrogens is 230 g/mol. The Bertz CT molecular complexity index is 221. The molecule has 0 aliphatic carbocycles. The summed E-state index contributed by atoms with van der Waals surface area (Å²) in [7, 11) is 0. The van der Waals surface area contributed by atoms with E-state index in [1.54, 1.807) is 0 Å². The third-order valence-electron chi connectivity index (χ3n) is 4.30. The van der Waals surface area contributed by atoms with Gasteiger partial charge >= 0.3 is 0 Å². The van der Waals surface area contributed by atoms with Gasteiger partial charge in [0.15, 0.2) is 0 Å². The van der Waals surface area contributed by atoms with E-state index in [0.29, 0.717) is 18.1 Å². The molecule has 0 spiro atoms. The number of hydrogen-bond donors (Lipinski definition) is 2. The van der Waals surface area contributed by atoms with Gasteiger partial charge in [-0.2, -0.15) is 11.8 Å². The van der Waals surface area contributed by atoms with Gasteiger partial charge in [0, 0.05) is 24.7 Å². The average Bonchev–Trinajstić information content (AvgIpc) is 2.82.